The number of rotatable bonds is 7. The second-order valence-electron chi connectivity index (χ2n) is 5.42. The van der Waals surface area contributed by atoms with Gasteiger partial charge in [-0.05, 0) is 32.4 Å². The van der Waals surface area contributed by atoms with Crippen molar-refractivity contribution >= 4 is 17.8 Å². The molecule has 1 atom stereocenters. The fraction of sp³-hybridized carbons (Fsp3) is 0.786. The maximum Gasteiger partial charge on any atom is 0.326 e. The predicted molar refractivity (Wildman–Crippen MR) is 75.6 cm³/mol. The Morgan fingerprint density at radius 2 is 1.95 bits per heavy atom. The van der Waals surface area contributed by atoms with E-state index < -0.39 is 23.4 Å². The van der Waals surface area contributed by atoms with Crippen molar-refractivity contribution in [2.45, 2.75) is 45.1 Å². The largest absolute Gasteiger partial charge is 0.480 e. The van der Waals surface area contributed by atoms with Gasteiger partial charge in [0.2, 0.25) is 5.91 Å². The smallest absolute Gasteiger partial charge is 0.326 e. The summed E-state index contributed by atoms with van der Waals surface area (Å²) in [7, 11) is 1.19. The van der Waals surface area contributed by atoms with E-state index in [0.717, 1.165) is 19.5 Å². The Balaban J connectivity index is 2.77. The first kappa shape index (κ1) is 17.4. The number of carbonyl (C=O) groups is 3. The van der Waals surface area contributed by atoms with E-state index in [-0.39, 0.29) is 12.3 Å². The normalized spacial score (nSPS) is 18.6. The van der Waals surface area contributed by atoms with Crippen LogP contribution in [-0.4, -0.2) is 49.2 Å². The van der Waals surface area contributed by atoms with Crippen LogP contribution in [0.1, 0.15) is 39.0 Å². The SMILES string of the molecule is CCCC1(C(=O)N[C@@H](CC(=O)OC)C(=O)O)CCNCC1. The average molecular weight is 300 g/mol. The maximum atomic E-state index is 12.5. The molecule has 0 saturated carbocycles. The highest BCUT2D eigenvalue weighted by molar-refractivity contribution is 5.89. The van der Waals surface area contributed by atoms with Crippen molar-refractivity contribution < 1.29 is 24.2 Å². The zero-order chi connectivity index (χ0) is 15.9. The third-order valence-corrected chi connectivity index (χ3v) is 3.97. The van der Waals surface area contributed by atoms with Gasteiger partial charge >= 0.3 is 11.9 Å². The minimum Gasteiger partial charge on any atom is -0.480 e. The summed E-state index contributed by atoms with van der Waals surface area (Å²) >= 11 is 0. The quantitative estimate of drug-likeness (QED) is 0.584. The zero-order valence-electron chi connectivity index (χ0n) is 12.6. The summed E-state index contributed by atoms with van der Waals surface area (Å²) in [6, 6.07) is -1.24. The zero-order valence-corrected chi connectivity index (χ0v) is 12.6. The maximum absolute atomic E-state index is 12.5. The van der Waals surface area contributed by atoms with Crippen molar-refractivity contribution in [1.29, 1.82) is 0 Å². The molecule has 3 N–H and O–H groups in total. The Kier molecular flexibility index (Phi) is 6.61. The van der Waals surface area contributed by atoms with Gasteiger partial charge in [-0.3, -0.25) is 9.59 Å². The van der Waals surface area contributed by atoms with Crippen LogP contribution in [0.15, 0.2) is 0 Å². The molecule has 7 nitrogen and oxygen atoms in total. The fourth-order valence-electron chi connectivity index (χ4n) is 2.74. The van der Waals surface area contributed by atoms with Crippen molar-refractivity contribution in [2.24, 2.45) is 5.41 Å². The number of nitrogens with one attached hydrogen (secondary N) is 2. The summed E-state index contributed by atoms with van der Waals surface area (Å²) in [5.41, 5.74) is -0.538. The van der Waals surface area contributed by atoms with Crippen LogP contribution in [0.5, 0.6) is 0 Å². The predicted octanol–water partition coefficient (Wildman–Crippen LogP) is 0.289. The Morgan fingerprint density at radius 3 is 2.43 bits per heavy atom. The number of carbonyl (C=O) groups excluding carboxylic acids is 2. The fourth-order valence-corrected chi connectivity index (χ4v) is 2.74. The van der Waals surface area contributed by atoms with Crippen LogP contribution < -0.4 is 10.6 Å². The summed E-state index contributed by atoms with van der Waals surface area (Å²) in [4.78, 5) is 35.0. The number of hydrogen-bond donors (Lipinski definition) is 3. The molecule has 0 spiro atoms. The van der Waals surface area contributed by atoms with Crippen LogP contribution in [0.4, 0.5) is 0 Å². The second kappa shape index (κ2) is 7.97. The first-order valence-corrected chi connectivity index (χ1v) is 7.26. The molecule has 1 rings (SSSR count). The minimum atomic E-state index is -1.24. The molecule has 21 heavy (non-hydrogen) atoms. The summed E-state index contributed by atoms with van der Waals surface area (Å²) in [5.74, 6) is -2.16. The number of methoxy groups -OCH3 is 1. The first-order chi connectivity index (χ1) is 9.95. The summed E-state index contributed by atoms with van der Waals surface area (Å²) < 4.78 is 4.47. The van der Waals surface area contributed by atoms with Crippen LogP contribution in [0.25, 0.3) is 0 Å². The van der Waals surface area contributed by atoms with Crippen molar-refractivity contribution in [3.8, 4) is 0 Å². The number of amides is 1. The Bertz CT molecular complexity index is 385. The van der Waals surface area contributed by atoms with E-state index in [2.05, 4.69) is 15.4 Å². The second-order valence-corrected chi connectivity index (χ2v) is 5.42. The highest BCUT2D eigenvalue weighted by atomic mass is 16.5. The number of piperidine rings is 1. The molecule has 0 bridgehead atoms. The molecule has 1 fully saturated rings. The lowest BCUT2D eigenvalue weighted by Crippen LogP contribution is -2.52. The molecule has 0 aromatic carbocycles. The monoisotopic (exact) mass is 300 g/mol. The van der Waals surface area contributed by atoms with Crippen LogP contribution in [-0.2, 0) is 19.1 Å². The Labute approximate surface area is 124 Å². The average Bonchev–Trinajstić information content (AvgIpc) is 2.47. The van der Waals surface area contributed by atoms with Gasteiger partial charge < -0.3 is 20.5 Å². The molecular formula is C14H24N2O5. The molecule has 1 aliphatic heterocycles. The number of hydrogen-bond acceptors (Lipinski definition) is 5. The molecule has 0 aromatic rings. The van der Waals surface area contributed by atoms with Gasteiger partial charge in [0.1, 0.15) is 6.04 Å². The lowest BCUT2D eigenvalue weighted by atomic mass is 9.74. The van der Waals surface area contributed by atoms with Gasteiger partial charge in [0.25, 0.3) is 0 Å². The lowest BCUT2D eigenvalue weighted by Gasteiger charge is -2.36. The van der Waals surface area contributed by atoms with Crippen LogP contribution in [0.3, 0.4) is 0 Å². The first-order valence-electron chi connectivity index (χ1n) is 7.26. The van der Waals surface area contributed by atoms with Gasteiger partial charge in [-0.25, -0.2) is 4.79 Å². The van der Waals surface area contributed by atoms with E-state index in [1.165, 1.54) is 7.11 Å². The highest BCUT2D eigenvalue weighted by Gasteiger charge is 2.40. The standard InChI is InChI=1S/C14H24N2O5/c1-3-4-14(5-7-15-8-6-14)13(20)16-10(12(18)19)9-11(17)21-2/h10,15H,3-9H2,1-2H3,(H,16,20)(H,18,19)/t10-/m0/s1. The number of ether oxygens (including phenoxy) is 1. The Morgan fingerprint density at radius 1 is 1.33 bits per heavy atom. The molecule has 1 saturated heterocycles. The third kappa shape index (κ3) is 4.70. The molecule has 0 aromatic heterocycles. The van der Waals surface area contributed by atoms with Crippen molar-refractivity contribution in [3.63, 3.8) is 0 Å². The summed E-state index contributed by atoms with van der Waals surface area (Å²) in [5, 5.41) is 14.9. The summed E-state index contributed by atoms with van der Waals surface area (Å²) in [6.07, 6.45) is 2.56. The Hall–Kier alpha value is -1.63. The molecule has 1 heterocycles. The van der Waals surface area contributed by atoms with Crippen molar-refractivity contribution in [1.82, 2.24) is 10.6 Å². The number of carboxylic acid groups (broad SMARTS) is 1. The van der Waals surface area contributed by atoms with Gasteiger partial charge in [0.15, 0.2) is 0 Å². The van der Waals surface area contributed by atoms with Crippen LogP contribution in [0, 0.1) is 5.41 Å². The van der Waals surface area contributed by atoms with E-state index in [0.29, 0.717) is 19.3 Å². The molecule has 1 aliphatic rings. The molecule has 1 amide bonds. The van der Waals surface area contributed by atoms with Crippen molar-refractivity contribution in [2.75, 3.05) is 20.2 Å². The molecular weight excluding hydrogens is 276 g/mol. The van der Waals surface area contributed by atoms with Gasteiger partial charge in [-0.1, -0.05) is 13.3 Å². The van der Waals surface area contributed by atoms with E-state index in [9.17, 15) is 14.4 Å². The number of carboxylic acids is 1. The van der Waals surface area contributed by atoms with Crippen molar-refractivity contribution in [3.05, 3.63) is 0 Å². The molecule has 7 heteroatoms. The van der Waals surface area contributed by atoms with Gasteiger partial charge in [0, 0.05) is 0 Å². The molecule has 120 valence electrons. The molecule has 0 aliphatic carbocycles. The summed E-state index contributed by atoms with van der Waals surface area (Å²) in [6.45, 7) is 3.48. The number of esters is 1. The van der Waals surface area contributed by atoms with E-state index in [4.69, 9.17) is 5.11 Å². The molecule has 0 unspecified atom stereocenters. The van der Waals surface area contributed by atoms with Gasteiger partial charge in [0.05, 0.1) is 18.9 Å². The van der Waals surface area contributed by atoms with E-state index in [1.807, 2.05) is 6.92 Å². The van der Waals surface area contributed by atoms with Gasteiger partial charge in [-0.2, -0.15) is 0 Å². The van der Waals surface area contributed by atoms with E-state index in [1.54, 1.807) is 0 Å². The molecule has 0 radical (unpaired) electrons. The number of aliphatic carboxylic acids is 1. The van der Waals surface area contributed by atoms with E-state index >= 15 is 0 Å². The highest BCUT2D eigenvalue weighted by Crippen LogP contribution is 2.34. The van der Waals surface area contributed by atoms with Gasteiger partial charge in [-0.15, -0.1) is 0 Å². The third-order valence-electron chi connectivity index (χ3n) is 3.97. The minimum absolute atomic E-state index is 0.276. The van der Waals surface area contributed by atoms with Crippen LogP contribution >= 0.6 is 0 Å². The van der Waals surface area contributed by atoms with Crippen LogP contribution in [0.2, 0.25) is 0 Å². The lowest BCUT2D eigenvalue weighted by molar-refractivity contribution is -0.150. The topological polar surface area (TPSA) is 105 Å².